The fraction of sp³-hybridized carbons (Fsp3) is 0.308. The summed E-state index contributed by atoms with van der Waals surface area (Å²) in [6.07, 6.45) is 1.27. The highest BCUT2D eigenvalue weighted by Crippen LogP contribution is 2.27. The van der Waals surface area contributed by atoms with Crippen molar-refractivity contribution in [3.63, 3.8) is 0 Å². The van der Waals surface area contributed by atoms with Crippen LogP contribution >= 0.6 is 11.5 Å². The first kappa shape index (κ1) is 12.9. The van der Waals surface area contributed by atoms with E-state index in [-0.39, 0.29) is 5.91 Å². The molecule has 0 spiro atoms. The van der Waals surface area contributed by atoms with Gasteiger partial charge in [-0.05, 0) is 30.2 Å². The average molecular weight is 290 g/mol. The van der Waals surface area contributed by atoms with Gasteiger partial charge in [0.05, 0.1) is 0 Å². The second kappa shape index (κ2) is 5.46. The number of carbonyl (C=O) groups excluding carboxylic acids is 1. The van der Waals surface area contributed by atoms with Crippen molar-refractivity contribution in [1.82, 2.24) is 9.59 Å². The van der Waals surface area contributed by atoms with Gasteiger partial charge in [-0.2, -0.15) is 0 Å². The summed E-state index contributed by atoms with van der Waals surface area (Å²) in [5.41, 5.74) is 2.77. The summed E-state index contributed by atoms with van der Waals surface area (Å²) in [4.78, 5) is 11.3. The van der Waals surface area contributed by atoms with Gasteiger partial charge in [-0.25, -0.2) is 0 Å². The summed E-state index contributed by atoms with van der Waals surface area (Å²) in [5, 5.41) is 10.8. The number of fused-ring (bicyclic) bond motifs is 1. The van der Waals surface area contributed by atoms with E-state index >= 15 is 0 Å². The van der Waals surface area contributed by atoms with Crippen LogP contribution in [0.5, 0.6) is 5.75 Å². The van der Waals surface area contributed by atoms with Gasteiger partial charge < -0.3 is 15.4 Å². The van der Waals surface area contributed by atoms with Gasteiger partial charge in [0.1, 0.15) is 23.1 Å². The van der Waals surface area contributed by atoms with Crippen LogP contribution in [0.4, 0.5) is 10.7 Å². The highest BCUT2D eigenvalue weighted by atomic mass is 32.1. The van der Waals surface area contributed by atoms with Crippen LogP contribution in [0.1, 0.15) is 17.7 Å². The van der Waals surface area contributed by atoms with Crippen molar-refractivity contribution in [2.24, 2.45) is 0 Å². The fourth-order valence-electron chi connectivity index (χ4n) is 2.09. The molecule has 104 valence electrons. The SMILES string of the molecule is CNc1snnc1COc1ccc2c(c1)CCC(=O)N2. The predicted octanol–water partition coefficient (Wildman–Crippen LogP) is 2.04. The molecule has 3 rings (SSSR count). The zero-order valence-electron chi connectivity index (χ0n) is 11.0. The van der Waals surface area contributed by atoms with E-state index in [1.807, 2.05) is 25.2 Å². The lowest BCUT2D eigenvalue weighted by atomic mass is 10.0. The number of aryl methyl sites for hydroxylation is 1. The molecule has 0 unspecified atom stereocenters. The minimum Gasteiger partial charge on any atom is -0.487 e. The Kier molecular flexibility index (Phi) is 3.51. The van der Waals surface area contributed by atoms with Crippen LogP contribution < -0.4 is 15.4 Å². The van der Waals surface area contributed by atoms with Gasteiger partial charge in [0, 0.05) is 30.7 Å². The smallest absolute Gasteiger partial charge is 0.224 e. The topological polar surface area (TPSA) is 76.1 Å². The van der Waals surface area contributed by atoms with E-state index in [2.05, 4.69) is 20.2 Å². The Morgan fingerprint density at radius 3 is 3.20 bits per heavy atom. The first-order valence-corrected chi connectivity index (χ1v) is 7.08. The molecule has 0 aliphatic carbocycles. The third-order valence-corrected chi connectivity index (χ3v) is 3.92. The fourth-order valence-corrected chi connectivity index (χ4v) is 2.61. The lowest BCUT2D eigenvalue weighted by Crippen LogP contribution is -2.18. The second-order valence-electron chi connectivity index (χ2n) is 4.45. The Morgan fingerprint density at radius 2 is 2.35 bits per heavy atom. The Labute approximate surface area is 120 Å². The zero-order valence-corrected chi connectivity index (χ0v) is 11.8. The van der Waals surface area contributed by atoms with E-state index in [1.54, 1.807) is 0 Å². The number of aromatic nitrogens is 2. The maximum Gasteiger partial charge on any atom is 0.224 e. The van der Waals surface area contributed by atoms with Gasteiger partial charge in [0.25, 0.3) is 0 Å². The van der Waals surface area contributed by atoms with Gasteiger partial charge in [-0.3, -0.25) is 4.79 Å². The first-order valence-electron chi connectivity index (χ1n) is 6.31. The Hall–Kier alpha value is -2.15. The number of hydrogen-bond donors (Lipinski definition) is 2. The molecule has 0 radical (unpaired) electrons. The molecule has 0 atom stereocenters. The molecule has 7 heteroatoms. The molecule has 6 nitrogen and oxygen atoms in total. The number of carbonyl (C=O) groups is 1. The van der Waals surface area contributed by atoms with Gasteiger partial charge in [-0.15, -0.1) is 5.10 Å². The third kappa shape index (κ3) is 2.57. The van der Waals surface area contributed by atoms with E-state index in [4.69, 9.17) is 4.74 Å². The van der Waals surface area contributed by atoms with Crippen molar-refractivity contribution in [1.29, 1.82) is 0 Å². The molecule has 2 heterocycles. The minimum atomic E-state index is 0.0679. The summed E-state index contributed by atoms with van der Waals surface area (Å²) in [5.74, 6) is 0.841. The monoisotopic (exact) mass is 290 g/mol. The van der Waals surface area contributed by atoms with E-state index < -0.39 is 0 Å². The van der Waals surface area contributed by atoms with E-state index in [0.29, 0.717) is 13.0 Å². The Morgan fingerprint density at radius 1 is 1.45 bits per heavy atom. The number of anilines is 2. The molecule has 2 aromatic rings. The van der Waals surface area contributed by atoms with E-state index in [9.17, 15) is 4.79 Å². The van der Waals surface area contributed by atoms with Crippen LogP contribution in [0.3, 0.4) is 0 Å². The van der Waals surface area contributed by atoms with Crippen molar-refractivity contribution >= 4 is 28.1 Å². The molecule has 0 saturated heterocycles. The number of ether oxygens (including phenoxy) is 1. The van der Waals surface area contributed by atoms with Crippen molar-refractivity contribution in [3.8, 4) is 5.75 Å². The Balaban J connectivity index is 1.71. The maximum atomic E-state index is 11.3. The van der Waals surface area contributed by atoms with Crippen LogP contribution in [0.25, 0.3) is 0 Å². The summed E-state index contributed by atoms with van der Waals surface area (Å²) in [6, 6.07) is 5.69. The normalized spacial score (nSPS) is 13.6. The number of rotatable bonds is 4. The van der Waals surface area contributed by atoms with Gasteiger partial charge in [0.15, 0.2) is 0 Å². The number of hydrogen-bond acceptors (Lipinski definition) is 6. The molecule has 0 saturated carbocycles. The maximum absolute atomic E-state index is 11.3. The molecule has 1 aliphatic heterocycles. The minimum absolute atomic E-state index is 0.0679. The molecule has 0 bridgehead atoms. The quantitative estimate of drug-likeness (QED) is 0.901. The molecule has 2 N–H and O–H groups in total. The predicted molar refractivity (Wildman–Crippen MR) is 77.2 cm³/mol. The van der Waals surface area contributed by atoms with E-state index in [1.165, 1.54) is 11.5 Å². The van der Waals surface area contributed by atoms with Gasteiger partial charge >= 0.3 is 0 Å². The summed E-state index contributed by atoms with van der Waals surface area (Å²) >= 11 is 1.31. The van der Waals surface area contributed by atoms with Crippen molar-refractivity contribution in [2.45, 2.75) is 19.4 Å². The molecule has 1 aromatic carbocycles. The Bertz CT molecular complexity index is 641. The second-order valence-corrected chi connectivity index (χ2v) is 5.21. The largest absolute Gasteiger partial charge is 0.487 e. The first-order chi connectivity index (χ1) is 9.76. The van der Waals surface area contributed by atoms with Crippen LogP contribution in [-0.4, -0.2) is 22.5 Å². The molecule has 1 amide bonds. The summed E-state index contributed by atoms with van der Waals surface area (Å²) in [6.45, 7) is 0.373. The van der Waals surface area contributed by atoms with Crippen molar-refractivity contribution < 1.29 is 9.53 Å². The summed E-state index contributed by atoms with van der Waals surface area (Å²) in [7, 11) is 1.83. The number of benzene rings is 1. The third-order valence-electron chi connectivity index (χ3n) is 3.13. The molecule has 1 aliphatic rings. The van der Waals surface area contributed by atoms with Gasteiger partial charge in [-0.1, -0.05) is 4.49 Å². The average Bonchev–Trinajstić information content (AvgIpc) is 2.92. The number of nitrogens with one attached hydrogen (secondary N) is 2. The van der Waals surface area contributed by atoms with Gasteiger partial charge in [0.2, 0.25) is 5.91 Å². The highest BCUT2D eigenvalue weighted by Gasteiger charge is 2.15. The lowest BCUT2D eigenvalue weighted by molar-refractivity contribution is -0.116. The van der Waals surface area contributed by atoms with Crippen LogP contribution in [0.15, 0.2) is 18.2 Å². The van der Waals surface area contributed by atoms with Crippen molar-refractivity contribution in [2.75, 3.05) is 17.7 Å². The lowest BCUT2D eigenvalue weighted by Gasteiger charge is -2.17. The molecule has 1 aromatic heterocycles. The number of amides is 1. The molecular formula is C13H14N4O2S. The van der Waals surface area contributed by atoms with Crippen LogP contribution in [0.2, 0.25) is 0 Å². The van der Waals surface area contributed by atoms with E-state index in [0.717, 1.165) is 34.1 Å². The summed E-state index contributed by atoms with van der Waals surface area (Å²) < 4.78 is 9.62. The number of nitrogens with zero attached hydrogens (tertiary/aromatic N) is 2. The van der Waals surface area contributed by atoms with Crippen LogP contribution in [0, 0.1) is 0 Å². The molecular weight excluding hydrogens is 276 g/mol. The standard InChI is InChI=1S/C13H14N4O2S/c1-14-13-11(16-17-20-13)7-19-9-3-4-10-8(6-9)2-5-12(18)15-10/h3-4,6,14H,2,5,7H2,1H3,(H,15,18). The molecule has 0 fully saturated rings. The zero-order chi connectivity index (χ0) is 13.9. The molecule has 20 heavy (non-hydrogen) atoms. The van der Waals surface area contributed by atoms with Crippen molar-refractivity contribution in [3.05, 3.63) is 29.5 Å². The van der Waals surface area contributed by atoms with Crippen LogP contribution in [-0.2, 0) is 17.8 Å². The highest BCUT2D eigenvalue weighted by molar-refractivity contribution is 7.10.